The zero-order chi connectivity index (χ0) is 15.1. The fourth-order valence-corrected chi connectivity index (χ4v) is 2.68. The summed E-state index contributed by atoms with van der Waals surface area (Å²) in [6.45, 7) is 3.12. The van der Waals surface area contributed by atoms with Crippen LogP contribution in [0.3, 0.4) is 0 Å². The third-order valence-corrected chi connectivity index (χ3v) is 3.70. The van der Waals surface area contributed by atoms with E-state index in [-0.39, 0.29) is 0 Å². The van der Waals surface area contributed by atoms with Crippen molar-refractivity contribution < 1.29 is 9.84 Å². The van der Waals surface area contributed by atoms with Gasteiger partial charge in [-0.25, -0.2) is 0 Å². The minimum Gasteiger partial charge on any atom is -0.388 e. The van der Waals surface area contributed by atoms with Crippen molar-refractivity contribution in [3.63, 3.8) is 0 Å². The molecule has 0 bridgehead atoms. The van der Waals surface area contributed by atoms with Crippen LogP contribution in [0.25, 0.3) is 0 Å². The lowest BCUT2D eigenvalue weighted by atomic mass is 9.94. The van der Waals surface area contributed by atoms with Gasteiger partial charge in [-0.1, -0.05) is 24.0 Å². The van der Waals surface area contributed by atoms with Crippen molar-refractivity contribution in [3.8, 4) is 11.8 Å². The van der Waals surface area contributed by atoms with Crippen LogP contribution in [0.1, 0.15) is 24.0 Å². The maximum atomic E-state index is 10.5. The van der Waals surface area contributed by atoms with Crippen molar-refractivity contribution in [1.82, 2.24) is 4.90 Å². The van der Waals surface area contributed by atoms with Gasteiger partial charge in [0.15, 0.2) is 0 Å². The Balaban J connectivity index is 1.94. The highest BCUT2D eigenvalue weighted by Crippen LogP contribution is 2.22. The summed E-state index contributed by atoms with van der Waals surface area (Å²) in [5.74, 6) is 5.91. The lowest BCUT2D eigenvalue weighted by Gasteiger charge is -2.35. The molecule has 21 heavy (non-hydrogen) atoms. The van der Waals surface area contributed by atoms with Gasteiger partial charge in [-0.05, 0) is 24.7 Å². The van der Waals surface area contributed by atoms with E-state index in [1.54, 1.807) is 0 Å². The summed E-state index contributed by atoms with van der Waals surface area (Å²) in [4.78, 5) is 2.15. The van der Waals surface area contributed by atoms with Gasteiger partial charge < -0.3 is 15.6 Å². The molecule has 0 radical (unpaired) electrons. The SMILES string of the molecule is CN(Cc1cccc(C#CCN)c1)CC1(O)CCOCC1. The van der Waals surface area contributed by atoms with E-state index in [0.29, 0.717) is 39.1 Å². The predicted molar refractivity (Wildman–Crippen MR) is 83.7 cm³/mol. The van der Waals surface area contributed by atoms with E-state index in [1.807, 2.05) is 19.2 Å². The Bertz CT molecular complexity index is 513. The smallest absolute Gasteiger partial charge is 0.0817 e. The maximum absolute atomic E-state index is 10.5. The van der Waals surface area contributed by atoms with Crippen LogP contribution in [0, 0.1) is 11.8 Å². The Kier molecular flexibility index (Phi) is 5.77. The number of ether oxygens (including phenoxy) is 1. The lowest BCUT2D eigenvalue weighted by molar-refractivity contribution is -0.0777. The molecule has 0 atom stereocenters. The van der Waals surface area contributed by atoms with Crippen LogP contribution in [-0.2, 0) is 11.3 Å². The summed E-state index contributed by atoms with van der Waals surface area (Å²) in [5.41, 5.74) is 6.95. The fourth-order valence-electron chi connectivity index (χ4n) is 2.68. The number of hydrogen-bond acceptors (Lipinski definition) is 4. The molecule has 1 aromatic rings. The van der Waals surface area contributed by atoms with Crippen molar-refractivity contribution in [2.24, 2.45) is 5.73 Å². The van der Waals surface area contributed by atoms with Gasteiger partial charge in [-0.15, -0.1) is 0 Å². The molecule has 0 amide bonds. The minimum atomic E-state index is -0.621. The van der Waals surface area contributed by atoms with Gasteiger partial charge in [0.05, 0.1) is 12.1 Å². The first-order valence-electron chi connectivity index (χ1n) is 7.38. The van der Waals surface area contributed by atoms with E-state index in [2.05, 4.69) is 28.9 Å². The zero-order valence-electron chi connectivity index (χ0n) is 12.6. The molecule has 4 heteroatoms. The summed E-state index contributed by atoms with van der Waals surface area (Å²) in [6, 6.07) is 8.15. The van der Waals surface area contributed by atoms with E-state index in [9.17, 15) is 5.11 Å². The number of nitrogens with zero attached hydrogens (tertiary/aromatic N) is 1. The number of aliphatic hydroxyl groups is 1. The summed E-state index contributed by atoms with van der Waals surface area (Å²) in [7, 11) is 2.03. The lowest BCUT2D eigenvalue weighted by Crippen LogP contribution is -2.45. The molecule has 2 rings (SSSR count). The van der Waals surface area contributed by atoms with E-state index < -0.39 is 5.60 Å². The summed E-state index contributed by atoms with van der Waals surface area (Å²) < 4.78 is 5.31. The molecule has 0 unspecified atom stereocenters. The fraction of sp³-hybridized carbons (Fsp3) is 0.529. The van der Waals surface area contributed by atoms with Crippen molar-refractivity contribution in [2.45, 2.75) is 25.0 Å². The van der Waals surface area contributed by atoms with Crippen molar-refractivity contribution in [1.29, 1.82) is 0 Å². The van der Waals surface area contributed by atoms with Gasteiger partial charge >= 0.3 is 0 Å². The average molecular weight is 288 g/mol. The highest BCUT2D eigenvalue weighted by molar-refractivity contribution is 5.37. The minimum absolute atomic E-state index is 0.374. The molecule has 1 fully saturated rings. The molecular weight excluding hydrogens is 264 g/mol. The number of hydrogen-bond donors (Lipinski definition) is 2. The molecule has 1 aliphatic rings. The molecule has 0 aromatic heterocycles. The van der Waals surface area contributed by atoms with Gasteiger partial charge in [-0.2, -0.15) is 0 Å². The standard InChI is InChI=1S/C17H24N2O2/c1-19(14-17(20)7-10-21-11-8-17)13-16-5-2-4-15(12-16)6-3-9-18/h2,4-5,12,20H,7-11,13-14,18H2,1H3. The van der Waals surface area contributed by atoms with Crippen molar-refractivity contribution >= 4 is 0 Å². The van der Waals surface area contributed by atoms with Gasteiger partial charge in [0.1, 0.15) is 0 Å². The monoisotopic (exact) mass is 288 g/mol. The van der Waals surface area contributed by atoms with Crippen molar-refractivity contribution in [3.05, 3.63) is 35.4 Å². The van der Waals surface area contributed by atoms with Gasteiger partial charge in [-0.3, -0.25) is 4.90 Å². The molecule has 0 spiro atoms. The molecule has 114 valence electrons. The van der Waals surface area contributed by atoms with E-state index in [0.717, 1.165) is 12.1 Å². The molecule has 1 heterocycles. The van der Waals surface area contributed by atoms with E-state index in [1.165, 1.54) is 5.56 Å². The van der Waals surface area contributed by atoms with Crippen LogP contribution < -0.4 is 5.73 Å². The number of benzene rings is 1. The number of rotatable bonds is 4. The van der Waals surface area contributed by atoms with Crippen LogP contribution >= 0.6 is 0 Å². The first kappa shape index (κ1) is 16.0. The first-order valence-corrected chi connectivity index (χ1v) is 7.38. The maximum Gasteiger partial charge on any atom is 0.0817 e. The Morgan fingerprint density at radius 3 is 2.86 bits per heavy atom. The van der Waals surface area contributed by atoms with Crippen LogP contribution in [0.5, 0.6) is 0 Å². The average Bonchev–Trinajstić information content (AvgIpc) is 2.45. The number of likely N-dealkylation sites (N-methyl/N-ethyl adjacent to an activating group) is 1. The Morgan fingerprint density at radius 2 is 2.14 bits per heavy atom. The predicted octanol–water partition coefficient (Wildman–Crippen LogP) is 0.970. The second-order valence-electron chi connectivity index (χ2n) is 5.72. The highest BCUT2D eigenvalue weighted by atomic mass is 16.5. The molecule has 4 nitrogen and oxygen atoms in total. The normalized spacial score (nSPS) is 17.3. The Hall–Kier alpha value is -1.38. The molecule has 1 aromatic carbocycles. The summed E-state index contributed by atoms with van der Waals surface area (Å²) >= 11 is 0. The molecule has 1 saturated heterocycles. The molecule has 0 aliphatic carbocycles. The van der Waals surface area contributed by atoms with Crippen LogP contribution in [0.15, 0.2) is 24.3 Å². The second kappa shape index (κ2) is 7.58. The van der Waals surface area contributed by atoms with Gasteiger partial charge in [0.25, 0.3) is 0 Å². The van der Waals surface area contributed by atoms with E-state index >= 15 is 0 Å². The van der Waals surface area contributed by atoms with Crippen LogP contribution in [0.2, 0.25) is 0 Å². The molecule has 1 aliphatic heterocycles. The second-order valence-corrected chi connectivity index (χ2v) is 5.72. The first-order chi connectivity index (χ1) is 10.1. The Labute approximate surface area is 126 Å². The zero-order valence-corrected chi connectivity index (χ0v) is 12.6. The number of nitrogens with two attached hydrogens (primary N) is 1. The topological polar surface area (TPSA) is 58.7 Å². The Morgan fingerprint density at radius 1 is 1.38 bits per heavy atom. The summed E-state index contributed by atoms with van der Waals surface area (Å²) in [6.07, 6.45) is 1.42. The largest absolute Gasteiger partial charge is 0.388 e. The quantitative estimate of drug-likeness (QED) is 0.811. The van der Waals surface area contributed by atoms with E-state index in [4.69, 9.17) is 10.5 Å². The third kappa shape index (κ3) is 5.14. The molecule has 3 N–H and O–H groups in total. The van der Waals surface area contributed by atoms with Crippen LogP contribution in [-0.4, -0.2) is 49.0 Å². The van der Waals surface area contributed by atoms with Gasteiger partial charge in [0.2, 0.25) is 0 Å². The highest BCUT2D eigenvalue weighted by Gasteiger charge is 2.30. The molecular formula is C17H24N2O2. The third-order valence-electron chi connectivity index (χ3n) is 3.70. The van der Waals surface area contributed by atoms with Crippen LogP contribution in [0.4, 0.5) is 0 Å². The molecule has 0 saturated carbocycles. The van der Waals surface area contributed by atoms with Crippen molar-refractivity contribution in [2.75, 3.05) is 33.4 Å². The van der Waals surface area contributed by atoms with Gasteiger partial charge in [0, 0.05) is 44.7 Å². The summed E-state index contributed by atoms with van der Waals surface area (Å²) in [5, 5.41) is 10.5.